The van der Waals surface area contributed by atoms with Crippen molar-refractivity contribution in [1.82, 2.24) is 19.9 Å². The lowest BCUT2D eigenvalue weighted by Crippen LogP contribution is -2.32. The van der Waals surface area contributed by atoms with E-state index in [1.54, 1.807) is 6.20 Å². The van der Waals surface area contributed by atoms with Crippen LogP contribution in [-0.4, -0.2) is 32.9 Å². The monoisotopic (exact) mass is 337 g/mol. The van der Waals surface area contributed by atoms with Crippen LogP contribution in [0.1, 0.15) is 12.6 Å². The number of rotatable bonds is 6. The number of carbonyl (C=O) groups excluding carboxylic acids is 2. The summed E-state index contributed by atoms with van der Waals surface area (Å²) in [5.41, 5.74) is 2.71. The van der Waals surface area contributed by atoms with Gasteiger partial charge in [-0.2, -0.15) is 0 Å². The van der Waals surface area contributed by atoms with Gasteiger partial charge >= 0.3 is 0 Å². The minimum Gasteiger partial charge on any atom is -0.347 e. The molecule has 3 aromatic rings. The maximum atomic E-state index is 12.0. The Hall–Kier alpha value is -3.22. The van der Waals surface area contributed by atoms with Crippen molar-refractivity contribution in [2.45, 2.75) is 19.9 Å². The summed E-state index contributed by atoms with van der Waals surface area (Å²) in [5.74, 6) is -0.101. The Bertz CT molecular complexity index is 889. The minimum absolute atomic E-state index is 0.0845. The fourth-order valence-electron chi connectivity index (χ4n) is 2.54. The quantitative estimate of drug-likeness (QED) is 0.717. The van der Waals surface area contributed by atoms with Crippen LogP contribution < -0.4 is 10.6 Å². The van der Waals surface area contributed by atoms with Gasteiger partial charge in [-0.05, 0) is 24.3 Å². The second-order valence-electron chi connectivity index (χ2n) is 5.60. The zero-order valence-corrected chi connectivity index (χ0v) is 13.9. The third-order valence-electron chi connectivity index (χ3n) is 3.72. The number of hydrogen-bond acceptors (Lipinski definition) is 4. The molecular formula is C18H19N5O2. The molecule has 7 heteroatoms. The van der Waals surface area contributed by atoms with Crippen molar-refractivity contribution in [3.63, 3.8) is 0 Å². The molecule has 0 fully saturated rings. The lowest BCUT2D eigenvalue weighted by atomic mass is 10.2. The summed E-state index contributed by atoms with van der Waals surface area (Å²) in [5, 5.41) is 5.25. The highest BCUT2D eigenvalue weighted by Gasteiger charge is 2.13. The molecule has 2 N–H and O–H groups in total. The molecule has 128 valence electrons. The van der Waals surface area contributed by atoms with Gasteiger partial charge in [-0.1, -0.05) is 18.2 Å². The number of anilines is 1. The molecule has 0 aliphatic heterocycles. The third-order valence-corrected chi connectivity index (χ3v) is 3.72. The van der Waals surface area contributed by atoms with Crippen molar-refractivity contribution in [3.05, 3.63) is 54.4 Å². The summed E-state index contributed by atoms with van der Waals surface area (Å²) in [6.07, 6.45) is 2.48. The molecule has 0 aliphatic rings. The number of carbonyl (C=O) groups is 2. The second-order valence-corrected chi connectivity index (χ2v) is 5.60. The van der Waals surface area contributed by atoms with E-state index in [4.69, 9.17) is 0 Å². The van der Waals surface area contributed by atoms with E-state index in [1.165, 1.54) is 6.92 Å². The molecule has 0 spiro atoms. The van der Waals surface area contributed by atoms with Crippen molar-refractivity contribution < 1.29 is 9.59 Å². The number of aromatic nitrogens is 3. The second kappa shape index (κ2) is 7.57. The van der Waals surface area contributed by atoms with Crippen molar-refractivity contribution in [2.24, 2.45) is 0 Å². The Kier molecular flexibility index (Phi) is 5.03. The van der Waals surface area contributed by atoms with E-state index in [1.807, 2.05) is 47.0 Å². The largest absolute Gasteiger partial charge is 0.347 e. The van der Waals surface area contributed by atoms with Crippen molar-refractivity contribution in [2.75, 3.05) is 11.9 Å². The molecule has 0 saturated heterocycles. The molecule has 2 heterocycles. The molecule has 2 aromatic heterocycles. The number of imidazole rings is 1. The lowest BCUT2D eigenvalue weighted by Gasteiger charge is -2.10. The van der Waals surface area contributed by atoms with E-state index >= 15 is 0 Å². The first-order valence-corrected chi connectivity index (χ1v) is 8.03. The van der Waals surface area contributed by atoms with E-state index < -0.39 is 0 Å². The number of pyridine rings is 1. The van der Waals surface area contributed by atoms with E-state index in [2.05, 4.69) is 20.6 Å². The summed E-state index contributed by atoms with van der Waals surface area (Å²) in [6.45, 7) is 1.92. The smallest absolute Gasteiger partial charge is 0.246 e. The summed E-state index contributed by atoms with van der Waals surface area (Å²) < 4.78 is 1.95. The van der Waals surface area contributed by atoms with Gasteiger partial charge in [0, 0.05) is 31.8 Å². The molecule has 1 aromatic carbocycles. The Morgan fingerprint density at radius 3 is 2.68 bits per heavy atom. The predicted octanol–water partition coefficient (Wildman–Crippen LogP) is 1.75. The highest BCUT2D eigenvalue weighted by atomic mass is 16.2. The number of nitrogens with one attached hydrogen (secondary N) is 2. The van der Waals surface area contributed by atoms with Crippen LogP contribution in [-0.2, 0) is 22.6 Å². The Morgan fingerprint density at radius 2 is 1.92 bits per heavy atom. The molecule has 25 heavy (non-hydrogen) atoms. The van der Waals surface area contributed by atoms with Crippen LogP contribution in [0.25, 0.3) is 11.0 Å². The lowest BCUT2D eigenvalue weighted by molar-refractivity contribution is -0.122. The molecule has 0 saturated carbocycles. The van der Waals surface area contributed by atoms with Gasteiger partial charge in [-0.3, -0.25) is 19.9 Å². The average molecular weight is 337 g/mol. The highest BCUT2D eigenvalue weighted by molar-refractivity contribution is 5.94. The SMILES string of the molecule is CC(=O)NCC(=O)Nc1nc2ccccc2n1CCc1ccccn1. The maximum absolute atomic E-state index is 12.0. The number of para-hydroxylation sites is 2. The first-order chi connectivity index (χ1) is 12.1. The van der Waals surface area contributed by atoms with Gasteiger partial charge in [-0.15, -0.1) is 0 Å². The molecule has 0 radical (unpaired) electrons. The molecule has 7 nitrogen and oxygen atoms in total. The van der Waals surface area contributed by atoms with Gasteiger partial charge in [0.25, 0.3) is 0 Å². The van der Waals surface area contributed by atoms with Crippen LogP contribution >= 0.6 is 0 Å². The molecule has 0 atom stereocenters. The van der Waals surface area contributed by atoms with Crippen LogP contribution in [0.2, 0.25) is 0 Å². The number of aryl methyl sites for hydroxylation is 2. The van der Waals surface area contributed by atoms with Gasteiger partial charge in [-0.25, -0.2) is 4.98 Å². The van der Waals surface area contributed by atoms with E-state index in [-0.39, 0.29) is 18.4 Å². The Labute approximate surface area is 145 Å². The Morgan fingerprint density at radius 1 is 1.12 bits per heavy atom. The number of hydrogen-bond donors (Lipinski definition) is 2. The maximum Gasteiger partial charge on any atom is 0.246 e. The molecule has 3 rings (SSSR count). The molecule has 0 bridgehead atoms. The van der Waals surface area contributed by atoms with Gasteiger partial charge in [0.1, 0.15) is 0 Å². The van der Waals surface area contributed by atoms with Crippen LogP contribution in [0.3, 0.4) is 0 Å². The molecule has 0 aliphatic carbocycles. The number of fused-ring (bicyclic) bond motifs is 1. The average Bonchev–Trinajstić information content (AvgIpc) is 2.96. The van der Waals surface area contributed by atoms with Crippen LogP contribution in [0.15, 0.2) is 48.7 Å². The van der Waals surface area contributed by atoms with Gasteiger partial charge in [0.05, 0.1) is 17.6 Å². The number of amides is 2. The fraction of sp³-hybridized carbons (Fsp3) is 0.222. The summed E-state index contributed by atoms with van der Waals surface area (Å²) >= 11 is 0. The number of benzene rings is 1. The summed E-state index contributed by atoms with van der Waals surface area (Å²) in [6, 6.07) is 13.5. The fourth-order valence-corrected chi connectivity index (χ4v) is 2.54. The van der Waals surface area contributed by atoms with Crippen LogP contribution in [0.5, 0.6) is 0 Å². The summed E-state index contributed by atoms with van der Waals surface area (Å²) in [4.78, 5) is 31.8. The standard InChI is InChI=1S/C18H19N5O2/c1-13(24)20-12-17(25)22-18-21-15-7-2-3-8-16(15)23(18)11-9-14-6-4-5-10-19-14/h2-8,10H,9,11-12H2,1H3,(H,20,24)(H,21,22,25). The van der Waals surface area contributed by atoms with E-state index in [0.29, 0.717) is 12.5 Å². The molecule has 0 unspecified atom stereocenters. The minimum atomic E-state index is -0.315. The Balaban J connectivity index is 1.81. The topological polar surface area (TPSA) is 88.9 Å². The van der Waals surface area contributed by atoms with E-state index in [0.717, 1.165) is 23.1 Å². The van der Waals surface area contributed by atoms with Crippen molar-refractivity contribution in [3.8, 4) is 0 Å². The first kappa shape index (κ1) is 16.6. The van der Waals surface area contributed by atoms with Crippen LogP contribution in [0, 0.1) is 0 Å². The van der Waals surface area contributed by atoms with Crippen molar-refractivity contribution >= 4 is 28.8 Å². The highest BCUT2D eigenvalue weighted by Crippen LogP contribution is 2.20. The summed E-state index contributed by atoms with van der Waals surface area (Å²) in [7, 11) is 0. The third kappa shape index (κ3) is 4.20. The van der Waals surface area contributed by atoms with E-state index in [9.17, 15) is 9.59 Å². The van der Waals surface area contributed by atoms with Crippen molar-refractivity contribution in [1.29, 1.82) is 0 Å². The zero-order valence-electron chi connectivity index (χ0n) is 13.9. The normalized spacial score (nSPS) is 10.6. The zero-order chi connectivity index (χ0) is 17.6. The molecular weight excluding hydrogens is 318 g/mol. The predicted molar refractivity (Wildman–Crippen MR) is 95.0 cm³/mol. The molecule has 2 amide bonds. The first-order valence-electron chi connectivity index (χ1n) is 8.03. The van der Waals surface area contributed by atoms with Gasteiger partial charge in [0.2, 0.25) is 17.8 Å². The van der Waals surface area contributed by atoms with Gasteiger partial charge < -0.3 is 9.88 Å². The van der Waals surface area contributed by atoms with Gasteiger partial charge in [0.15, 0.2) is 0 Å². The van der Waals surface area contributed by atoms with Crippen LogP contribution in [0.4, 0.5) is 5.95 Å². The number of nitrogens with zero attached hydrogens (tertiary/aromatic N) is 3.